The van der Waals surface area contributed by atoms with Gasteiger partial charge in [-0.1, -0.05) is 18.2 Å². The van der Waals surface area contributed by atoms with Gasteiger partial charge in [0, 0.05) is 43.1 Å². The van der Waals surface area contributed by atoms with E-state index >= 15 is 0 Å². The maximum Gasteiger partial charge on any atom is 0.271 e. The zero-order valence-corrected chi connectivity index (χ0v) is 12.4. The van der Waals surface area contributed by atoms with Crippen LogP contribution in [0.15, 0.2) is 48.5 Å². The molecule has 2 aromatic carbocycles. The number of nitro groups is 1. The van der Waals surface area contributed by atoms with Crippen molar-refractivity contribution in [3.63, 3.8) is 0 Å². The van der Waals surface area contributed by atoms with Crippen LogP contribution in [0.5, 0.6) is 0 Å². The van der Waals surface area contributed by atoms with Gasteiger partial charge in [0.15, 0.2) is 0 Å². The van der Waals surface area contributed by atoms with Gasteiger partial charge in [-0.3, -0.25) is 10.1 Å². The summed E-state index contributed by atoms with van der Waals surface area (Å²) < 4.78 is 0. The third kappa shape index (κ3) is 3.36. The van der Waals surface area contributed by atoms with Crippen LogP contribution in [-0.4, -0.2) is 18.0 Å². The van der Waals surface area contributed by atoms with E-state index in [1.54, 1.807) is 12.1 Å². The van der Waals surface area contributed by atoms with Crippen LogP contribution in [0.25, 0.3) is 0 Å². The molecule has 5 heteroatoms. The van der Waals surface area contributed by atoms with Crippen molar-refractivity contribution in [1.29, 1.82) is 0 Å². The Hall–Kier alpha value is -2.56. The molecule has 0 aliphatic carbocycles. The quantitative estimate of drug-likeness (QED) is 0.673. The van der Waals surface area contributed by atoms with E-state index in [9.17, 15) is 10.1 Å². The lowest BCUT2D eigenvalue weighted by Crippen LogP contribution is -2.17. The average Bonchev–Trinajstić information content (AvgIpc) is 3.08. The second-order valence-corrected chi connectivity index (χ2v) is 5.52. The molecule has 1 N–H and O–H groups in total. The number of nitro benzene ring substituents is 1. The Balaban J connectivity index is 1.61. The third-order valence-corrected chi connectivity index (χ3v) is 3.96. The predicted molar refractivity (Wildman–Crippen MR) is 88.3 cm³/mol. The normalized spacial score (nSPS) is 14.1. The molecule has 0 spiro atoms. The van der Waals surface area contributed by atoms with Crippen LogP contribution in [0.1, 0.15) is 18.4 Å². The molecule has 1 aliphatic heterocycles. The minimum absolute atomic E-state index is 0.106. The molecule has 0 atom stereocenters. The van der Waals surface area contributed by atoms with Crippen LogP contribution in [0.4, 0.5) is 17.1 Å². The summed E-state index contributed by atoms with van der Waals surface area (Å²) in [5.41, 5.74) is 3.30. The second kappa shape index (κ2) is 6.47. The lowest BCUT2D eigenvalue weighted by atomic mass is 10.2. The Morgan fingerprint density at radius 3 is 2.50 bits per heavy atom. The van der Waals surface area contributed by atoms with Gasteiger partial charge in [0.1, 0.15) is 0 Å². The van der Waals surface area contributed by atoms with Crippen LogP contribution in [0, 0.1) is 10.1 Å². The SMILES string of the molecule is O=[N+]([O-])c1cccc(NCc2ccc(N3CCCC3)cc2)c1. The summed E-state index contributed by atoms with van der Waals surface area (Å²) in [6.45, 7) is 2.94. The Morgan fingerprint density at radius 1 is 1.09 bits per heavy atom. The van der Waals surface area contributed by atoms with E-state index < -0.39 is 0 Å². The fraction of sp³-hybridized carbons (Fsp3) is 0.294. The molecule has 2 aromatic rings. The molecule has 0 aromatic heterocycles. The molecular formula is C17H19N3O2. The highest BCUT2D eigenvalue weighted by Gasteiger charge is 2.11. The molecule has 0 radical (unpaired) electrons. The first-order valence-corrected chi connectivity index (χ1v) is 7.54. The molecule has 0 saturated carbocycles. The Morgan fingerprint density at radius 2 is 1.82 bits per heavy atom. The zero-order valence-electron chi connectivity index (χ0n) is 12.4. The van der Waals surface area contributed by atoms with Gasteiger partial charge in [0.25, 0.3) is 5.69 Å². The highest BCUT2D eigenvalue weighted by molar-refractivity contribution is 5.52. The maximum atomic E-state index is 10.8. The van der Waals surface area contributed by atoms with Gasteiger partial charge in [-0.15, -0.1) is 0 Å². The highest BCUT2D eigenvalue weighted by Crippen LogP contribution is 2.21. The lowest BCUT2D eigenvalue weighted by Gasteiger charge is -2.17. The molecule has 3 rings (SSSR count). The summed E-state index contributed by atoms with van der Waals surface area (Å²) >= 11 is 0. The minimum atomic E-state index is -0.379. The van der Waals surface area contributed by atoms with E-state index in [0.717, 1.165) is 24.3 Å². The van der Waals surface area contributed by atoms with Crippen molar-refractivity contribution >= 4 is 17.1 Å². The standard InChI is InChI=1S/C17H19N3O2/c21-20(22)17-5-3-4-15(12-17)18-13-14-6-8-16(9-7-14)19-10-1-2-11-19/h3-9,12,18H,1-2,10-11,13H2. The minimum Gasteiger partial charge on any atom is -0.381 e. The molecule has 0 amide bonds. The molecule has 114 valence electrons. The highest BCUT2D eigenvalue weighted by atomic mass is 16.6. The van der Waals surface area contributed by atoms with Gasteiger partial charge in [-0.2, -0.15) is 0 Å². The molecule has 0 unspecified atom stereocenters. The van der Waals surface area contributed by atoms with Crippen LogP contribution >= 0.6 is 0 Å². The topological polar surface area (TPSA) is 58.4 Å². The fourth-order valence-corrected chi connectivity index (χ4v) is 2.73. The summed E-state index contributed by atoms with van der Waals surface area (Å²) in [4.78, 5) is 12.8. The summed E-state index contributed by atoms with van der Waals surface area (Å²) in [5, 5.41) is 14.0. The number of hydrogen-bond acceptors (Lipinski definition) is 4. The van der Waals surface area contributed by atoms with Gasteiger partial charge in [0.2, 0.25) is 0 Å². The van der Waals surface area contributed by atoms with Crippen LogP contribution in [0.2, 0.25) is 0 Å². The monoisotopic (exact) mass is 297 g/mol. The van der Waals surface area contributed by atoms with E-state index in [2.05, 4.69) is 34.5 Å². The molecule has 22 heavy (non-hydrogen) atoms. The van der Waals surface area contributed by atoms with E-state index in [0.29, 0.717) is 6.54 Å². The zero-order chi connectivity index (χ0) is 15.4. The molecule has 5 nitrogen and oxygen atoms in total. The van der Waals surface area contributed by atoms with Gasteiger partial charge in [-0.25, -0.2) is 0 Å². The Kier molecular flexibility index (Phi) is 4.23. The summed E-state index contributed by atoms with van der Waals surface area (Å²) in [6.07, 6.45) is 2.55. The molecule has 1 saturated heterocycles. The van der Waals surface area contributed by atoms with Crippen molar-refractivity contribution in [3.05, 3.63) is 64.2 Å². The Labute approximate surface area is 129 Å². The summed E-state index contributed by atoms with van der Waals surface area (Å²) in [5.74, 6) is 0. The van der Waals surface area contributed by atoms with Gasteiger partial charge in [0.05, 0.1) is 4.92 Å². The van der Waals surface area contributed by atoms with E-state index in [4.69, 9.17) is 0 Å². The summed E-state index contributed by atoms with van der Waals surface area (Å²) in [7, 11) is 0. The first-order valence-electron chi connectivity index (χ1n) is 7.54. The van der Waals surface area contributed by atoms with Crippen LogP contribution in [-0.2, 0) is 6.54 Å². The maximum absolute atomic E-state index is 10.8. The number of nitrogens with zero attached hydrogens (tertiary/aromatic N) is 2. The predicted octanol–water partition coefficient (Wildman–Crippen LogP) is 3.81. The largest absolute Gasteiger partial charge is 0.381 e. The van der Waals surface area contributed by atoms with Gasteiger partial charge >= 0.3 is 0 Å². The van der Waals surface area contributed by atoms with Crippen molar-refractivity contribution in [2.45, 2.75) is 19.4 Å². The summed E-state index contributed by atoms with van der Waals surface area (Å²) in [6, 6.07) is 15.1. The smallest absolute Gasteiger partial charge is 0.271 e. The van der Waals surface area contributed by atoms with E-state index in [1.807, 2.05) is 6.07 Å². The molecule has 1 fully saturated rings. The first-order chi connectivity index (χ1) is 10.7. The van der Waals surface area contributed by atoms with Crippen molar-refractivity contribution in [1.82, 2.24) is 0 Å². The third-order valence-electron chi connectivity index (χ3n) is 3.96. The van der Waals surface area contributed by atoms with E-state index in [-0.39, 0.29) is 10.6 Å². The van der Waals surface area contributed by atoms with E-state index in [1.165, 1.54) is 24.6 Å². The number of hydrogen-bond donors (Lipinski definition) is 1. The van der Waals surface area contributed by atoms with Gasteiger partial charge < -0.3 is 10.2 Å². The number of non-ortho nitro benzene ring substituents is 1. The number of nitrogens with one attached hydrogen (secondary N) is 1. The van der Waals surface area contributed by atoms with Gasteiger partial charge in [-0.05, 0) is 36.6 Å². The van der Waals surface area contributed by atoms with Crippen LogP contribution in [0.3, 0.4) is 0 Å². The molecule has 1 aliphatic rings. The number of anilines is 2. The van der Waals surface area contributed by atoms with Crippen LogP contribution < -0.4 is 10.2 Å². The first kappa shape index (κ1) is 14.4. The molecule has 1 heterocycles. The van der Waals surface area contributed by atoms with Crippen molar-refractivity contribution < 1.29 is 4.92 Å². The average molecular weight is 297 g/mol. The van der Waals surface area contributed by atoms with Crippen molar-refractivity contribution in [2.75, 3.05) is 23.3 Å². The molecular weight excluding hydrogens is 278 g/mol. The van der Waals surface area contributed by atoms with Crippen molar-refractivity contribution in [2.24, 2.45) is 0 Å². The number of rotatable bonds is 5. The van der Waals surface area contributed by atoms with Crippen molar-refractivity contribution in [3.8, 4) is 0 Å². The lowest BCUT2D eigenvalue weighted by molar-refractivity contribution is -0.384. The second-order valence-electron chi connectivity index (χ2n) is 5.52. The Bertz CT molecular complexity index is 649. The number of benzene rings is 2. The fourth-order valence-electron chi connectivity index (χ4n) is 2.73. The molecule has 0 bridgehead atoms.